The number of amides is 3. The number of nitrogens with two attached hydrogens (primary N) is 1. The molecule has 0 saturated heterocycles. The number of para-hydroxylation sites is 1. The molecule has 0 bridgehead atoms. The molecule has 1 aromatic heterocycles. The standard InChI is InChI=1S/C21H29N5O6S/c1-33-7-6-15(24-18(28)9-22)19(29)26-17(11-27)20(30)25-16(21(31)32)8-12-10-23-14-5-3-2-4-13(12)14/h2-5,10,15-17,23,27H,6-9,11,22H2,1H3,(H,24,28)(H,25,30)(H,26,29)(H,31,32). The number of carbonyl (C=O) groups excluding carboxylic acids is 3. The molecular formula is C21H29N5O6S. The molecule has 3 amide bonds. The van der Waals surface area contributed by atoms with E-state index in [0.717, 1.165) is 10.9 Å². The van der Waals surface area contributed by atoms with Crippen molar-refractivity contribution in [2.75, 3.05) is 25.2 Å². The minimum Gasteiger partial charge on any atom is -0.480 e. The summed E-state index contributed by atoms with van der Waals surface area (Å²) < 4.78 is 0. The van der Waals surface area contributed by atoms with Gasteiger partial charge in [0.1, 0.15) is 18.1 Å². The van der Waals surface area contributed by atoms with E-state index in [4.69, 9.17) is 5.73 Å². The van der Waals surface area contributed by atoms with Crippen molar-refractivity contribution in [1.82, 2.24) is 20.9 Å². The molecule has 1 aromatic carbocycles. The number of hydrogen-bond acceptors (Lipinski definition) is 7. The van der Waals surface area contributed by atoms with Gasteiger partial charge >= 0.3 is 5.97 Å². The van der Waals surface area contributed by atoms with Crippen LogP contribution in [0.15, 0.2) is 30.5 Å². The number of thioether (sulfide) groups is 1. The van der Waals surface area contributed by atoms with E-state index in [0.29, 0.717) is 11.3 Å². The van der Waals surface area contributed by atoms with Crippen molar-refractivity contribution in [2.24, 2.45) is 5.73 Å². The van der Waals surface area contributed by atoms with Gasteiger partial charge in [-0.15, -0.1) is 0 Å². The zero-order valence-corrected chi connectivity index (χ0v) is 19.0. The molecule has 0 fully saturated rings. The predicted molar refractivity (Wildman–Crippen MR) is 125 cm³/mol. The Morgan fingerprint density at radius 2 is 1.73 bits per heavy atom. The third-order valence-electron chi connectivity index (χ3n) is 4.98. The SMILES string of the molecule is CSCCC(NC(=O)CN)C(=O)NC(CO)C(=O)NC(Cc1c[nH]c2ccccc12)C(=O)O. The molecule has 2 rings (SSSR count). The second kappa shape index (κ2) is 12.8. The number of H-pyrrole nitrogens is 1. The largest absolute Gasteiger partial charge is 0.480 e. The van der Waals surface area contributed by atoms with E-state index in [1.54, 1.807) is 6.20 Å². The molecule has 0 aliphatic carbocycles. The summed E-state index contributed by atoms with van der Waals surface area (Å²) in [4.78, 5) is 51.7. The third kappa shape index (κ3) is 7.48. The number of nitrogens with one attached hydrogen (secondary N) is 4. The van der Waals surface area contributed by atoms with Crippen LogP contribution in [0.25, 0.3) is 10.9 Å². The first-order valence-electron chi connectivity index (χ1n) is 10.3. The van der Waals surface area contributed by atoms with Crippen LogP contribution < -0.4 is 21.7 Å². The second-order valence-corrected chi connectivity index (χ2v) is 8.30. The number of aliphatic hydroxyl groups excluding tert-OH is 1. The Bertz CT molecular complexity index is 981. The van der Waals surface area contributed by atoms with Crippen molar-refractivity contribution in [2.45, 2.75) is 31.0 Å². The van der Waals surface area contributed by atoms with Crippen LogP contribution in [-0.4, -0.2) is 82.2 Å². The summed E-state index contributed by atoms with van der Waals surface area (Å²) in [6.07, 6.45) is 3.80. The van der Waals surface area contributed by atoms with Crippen LogP contribution in [0.4, 0.5) is 0 Å². The lowest BCUT2D eigenvalue weighted by atomic mass is 10.0. The molecule has 3 atom stereocenters. The maximum Gasteiger partial charge on any atom is 0.326 e. The molecular weight excluding hydrogens is 450 g/mol. The van der Waals surface area contributed by atoms with Gasteiger partial charge in [0.05, 0.1) is 13.2 Å². The fourth-order valence-corrected chi connectivity index (χ4v) is 3.69. The van der Waals surface area contributed by atoms with Crippen LogP contribution in [0.3, 0.4) is 0 Å². The molecule has 12 heteroatoms. The highest BCUT2D eigenvalue weighted by atomic mass is 32.2. The topological polar surface area (TPSA) is 187 Å². The molecule has 8 N–H and O–H groups in total. The van der Waals surface area contributed by atoms with E-state index in [2.05, 4.69) is 20.9 Å². The number of hydrogen-bond donors (Lipinski definition) is 7. The molecule has 3 unspecified atom stereocenters. The van der Waals surface area contributed by atoms with Gasteiger partial charge in [-0.05, 0) is 30.1 Å². The van der Waals surface area contributed by atoms with Gasteiger partial charge in [0, 0.05) is 23.5 Å². The normalized spacial score (nSPS) is 13.7. The Morgan fingerprint density at radius 1 is 1.06 bits per heavy atom. The minimum atomic E-state index is -1.39. The van der Waals surface area contributed by atoms with E-state index in [1.165, 1.54) is 11.8 Å². The summed E-state index contributed by atoms with van der Waals surface area (Å²) in [6, 6.07) is 3.72. The third-order valence-corrected chi connectivity index (χ3v) is 5.62. The van der Waals surface area contributed by atoms with Gasteiger partial charge in [-0.25, -0.2) is 4.79 Å². The van der Waals surface area contributed by atoms with Gasteiger partial charge in [0.15, 0.2) is 0 Å². The molecule has 1 heterocycles. The fourth-order valence-electron chi connectivity index (χ4n) is 3.22. The number of carboxylic acid groups (broad SMARTS) is 1. The first-order chi connectivity index (χ1) is 15.8. The number of carboxylic acids is 1. The Balaban J connectivity index is 2.07. The van der Waals surface area contributed by atoms with Crippen LogP contribution in [0.2, 0.25) is 0 Å². The molecule has 33 heavy (non-hydrogen) atoms. The monoisotopic (exact) mass is 479 g/mol. The first kappa shape index (κ1) is 26.2. The van der Waals surface area contributed by atoms with E-state index in [9.17, 15) is 29.4 Å². The number of rotatable bonds is 13. The van der Waals surface area contributed by atoms with E-state index >= 15 is 0 Å². The summed E-state index contributed by atoms with van der Waals surface area (Å²) in [5.41, 5.74) is 6.82. The predicted octanol–water partition coefficient (Wildman–Crippen LogP) is -1.05. The highest BCUT2D eigenvalue weighted by Crippen LogP contribution is 2.19. The summed E-state index contributed by atoms with van der Waals surface area (Å²) in [5.74, 6) is -2.77. The van der Waals surface area contributed by atoms with E-state index < -0.39 is 48.4 Å². The van der Waals surface area contributed by atoms with Crippen LogP contribution in [0, 0.1) is 0 Å². The van der Waals surface area contributed by atoms with Gasteiger partial charge in [-0.2, -0.15) is 11.8 Å². The number of aliphatic carboxylic acids is 1. The Morgan fingerprint density at radius 3 is 2.36 bits per heavy atom. The highest BCUT2D eigenvalue weighted by molar-refractivity contribution is 7.98. The fraction of sp³-hybridized carbons (Fsp3) is 0.429. The maximum atomic E-state index is 12.7. The average molecular weight is 480 g/mol. The maximum absolute atomic E-state index is 12.7. The lowest BCUT2D eigenvalue weighted by Crippen LogP contribution is -2.57. The quantitative estimate of drug-likeness (QED) is 0.190. The summed E-state index contributed by atoms with van der Waals surface area (Å²) in [5, 5.41) is 27.3. The van der Waals surface area contributed by atoms with Crippen molar-refractivity contribution < 1.29 is 29.4 Å². The number of carbonyl (C=O) groups is 4. The van der Waals surface area contributed by atoms with Crippen LogP contribution in [-0.2, 0) is 25.6 Å². The van der Waals surface area contributed by atoms with Crippen LogP contribution in [0.1, 0.15) is 12.0 Å². The first-order valence-corrected chi connectivity index (χ1v) is 11.7. The van der Waals surface area contributed by atoms with Crippen LogP contribution >= 0.6 is 11.8 Å². The lowest BCUT2D eigenvalue weighted by molar-refractivity contribution is -0.142. The van der Waals surface area contributed by atoms with Crippen molar-refractivity contribution in [3.05, 3.63) is 36.0 Å². The van der Waals surface area contributed by atoms with E-state index in [-0.39, 0.29) is 19.4 Å². The average Bonchev–Trinajstić information content (AvgIpc) is 3.21. The Kier molecular flexibility index (Phi) is 10.2. The van der Waals surface area contributed by atoms with Crippen molar-refractivity contribution in [1.29, 1.82) is 0 Å². The van der Waals surface area contributed by atoms with Crippen molar-refractivity contribution in [3.8, 4) is 0 Å². The highest BCUT2D eigenvalue weighted by Gasteiger charge is 2.29. The van der Waals surface area contributed by atoms with Gasteiger partial charge in [0.25, 0.3) is 0 Å². The number of aromatic nitrogens is 1. The Hall–Kier alpha value is -3.09. The molecule has 2 aromatic rings. The minimum absolute atomic E-state index is 0.0000865. The smallest absolute Gasteiger partial charge is 0.326 e. The molecule has 0 spiro atoms. The zero-order valence-electron chi connectivity index (χ0n) is 18.2. The van der Waals surface area contributed by atoms with Crippen molar-refractivity contribution in [3.63, 3.8) is 0 Å². The molecule has 0 aliphatic heterocycles. The molecule has 0 aliphatic rings. The molecule has 11 nitrogen and oxygen atoms in total. The Labute approximate surface area is 194 Å². The van der Waals surface area contributed by atoms with Crippen molar-refractivity contribution >= 4 is 46.4 Å². The molecule has 0 radical (unpaired) electrons. The summed E-state index contributed by atoms with van der Waals surface area (Å²) >= 11 is 1.47. The molecule has 0 saturated carbocycles. The second-order valence-electron chi connectivity index (χ2n) is 7.31. The zero-order chi connectivity index (χ0) is 24.4. The number of benzene rings is 1. The summed E-state index contributed by atoms with van der Waals surface area (Å²) in [7, 11) is 0. The van der Waals surface area contributed by atoms with Gasteiger partial charge in [0.2, 0.25) is 17.7 Å². The lowest BCUT2D eigenvalue weighted by Gasteiger charge is -2.23. The number of fused-ring (bicyclic) bond motifs is 1. The van der Waals surface area contributed by atoms with Crippen LogP contribution in [0.5, 0.6) is 0 Å². The molecule has 180 valence electrons. The van der Waals surface area contributed by atoms with Gasteiger partial charge in [-0.1, -0.05) is 18.2 Å². The number of aliphatic hydroxyl groups is 1. The van der Waals surface area contributed by atoms with Gasteiger partial charge in [-0.3, -0.25) is 14.4 Å². The van der Waals surface area contributed by atoms with E-state index in [1.807, 2.05) is 30.5 Å². The van der Waals surface area contributed by atoms with Gasteiger partial charge < -0.3 is 36.9 Å². The summed E-state index contributed by atoms with van der Waals surface area (Å²) in [6.45, 7) is -1.06. The number of aromatic amines is 1.